The lowest BCUT2D eigenvalue weighted by atomic mass is 9.95. The summed E-state index contributed by atoms with van der Waals surface area (Å²) in [5, 5.41) is 0. The minimum Gasteiger partial charge on any atom is -0.465 e. The van der Waals surface area contributed by atoms with Gasteiger partial charge in [-0.1, -0.05) is 20.8 Å². The van der Waals surface area contributed by atoms with E-state index in [9.17, 15) is 18.0 Å². The van der Waals surface area contributed by atoms with E-state index < -0.39 is 24.0 Å². The Balaban J connectivity index is 3.16. The summed E-state index contributed by atoms with van der Waals surface area (Å²) < 4.78 is 43.9. The van der Waals surface area contributed by atoms with Crippen LogP contribution in [0.3, 0.4) is 0 Å². The van der Waals surface area contributed by atoms with Crippen LogP contribution in [0.4, 0.5) is 13.2 Å². The van der Waals surface area contributed by atoms with E-state index in [1.165, 1.54) is 0 Å². The van der Waals surface area contributed by atoms with Crippen molar-refractivity contribution in [3.63, 3.8) is 0 Å². The number of furan rings is 1. The highest BCUT2D eigenvalue weighted by atomic mass is 79.9. The summed E-state index contributed by atoms with van der Waals surface area (Å²) in [7, 11) is 0. The molecular weight excluding hydrogens is 351 g/mol. The van der Waals surface area contributed by atoms with Gasteiger partial charge in [0.05, 0.1) is 10.0 Å². The zero-order valence-electron chi connectivity index (χ0n) is 12.7. The Bertz CT molecular complexity index is 514. The van der Waals surface area contributed by atoms with Gasteiger partial charge in [0.1, 0.15) is 18.1 Å². The minimum absolute atomic E-state index is 0.00144. The van der Waals surface area contributed by atoms with Crippen LogP contribution in [0.5, 0.6) is 0 Å². The third kappa shape index (κ3) is 5.05. The zero-order chi connectivity index (χ0) is 16.6. The topological polar surface area (TPSA) is 33.5 Å². The summed E-state index contributed by atoms with van der Waals surface area (Å²) in [5.74, 6) is 0.104. The number of carbonyl (C=O) groups is 1. The van der Waals surface area contributed by atoms with Crippen LogP contribution in [0, 0.1) is 19.3 Å². The molecule has 0 aliphatic rings. The molecule has 21 heavy (non-hydrogen) atoms. The Morgan fingerprint density at radius 2 is 1.67 bits per heavy atom. The molecule has 0 aromatic carbocycles. The molecule has 120 valence electrons. The second-order valence-electron chi connectivity index (χ2n) is 6.24. The lowest BCUT2D eigenvalue weighted by molar-refractivity contribution is -0.142. The predicted molar refractivity (Wildman–Crippen MR) is 77.3 cm³/mol. The van der Waals surface area contributed by atoms with E-state index in [1.807, 2.05) is 0 Å². The number of amides is 1. The summed E-state index contributed by atoms with van der Waals surface area (Å²) in [6.45, 7) is 7.28. The molecule has 0 fully saturated rings. The van der Waals surface area contributed by atoms with Crippen LogP contribution in [0.1, 0.15) is 42.6 Å². The molecule has 0 saturated heterocycles. The first kappa shape index (κ1) is 18.1. The zero-order valence-corrected chi connectivity index (χ0v) is 14.3. The van der Waals surface area contributed by atoms with E-state index in [2.05, 4.69) is 15.9 Å². The second-order valence-corrected chi connectivity index (χ2v) is 7.03. The summed E-state index contributed by atoms with van der Waals surface area (Å²) in [6.07, 6.45) is -4.44. The van der Waals surface area contributed by atoms with E-state index in [0.717, 1.165) is 4.90 Å². The maximum absolute atomic E-state index is 12.7. The van der Waals surface area contributed by atoms with E-state index in [1.54, 1.807) is 34.6 Å². The first-order chi connectivity index (χ1) is 9.32. The normalized spacial score (nSPS) is 12.6. The van der Waals surface area contributed by atoms with Gasteiger partial charge >= 0.3 is 6.18 Å². The minimum atomic E-state index is -4.44. The van der Waals surface area contributed by atoms with Crippen molar-refractivity contribution in [3.8, 4) is 0 Å². The number of aryl methyl sites for hydroxylation is 2. The van der Waals surface area contributed by atoms with Crippen LogP contribution in [0.2, 0.25) is 0 Å². The standard InChI is InChI=1S/C14H19BrF3NO2/c1-8-10(11(15)9(2)21-8)12(20)19(6-13(3,4)5)7-14(16,17)18/h6-7H2,1-5H3. The molecule has 1 heterocycles. The largest absolute Gasteiger partial charge is 0.465 e. The van der Waals surface area contributed by atoms with Gasteiger partial charge in [-0.15, -0.1) is 0 Å². The van der Waals surface area contributed by atoms with Crippen molar-refractivity contribution in [1.29, 1.82) is 0 Å². The Morgan fingerprint density at radius 3 is 2.00 bits per heavy atom. The Labute approximate surface area is 130 Å². The Hall–Kier alpha value is -0.980. The van der Waals surface area contributed by atoms with Gasteiger partial charge in [-0.25, -0.2) is 0 Å². The van der Waals surface area contributed by atoms with E-state index in [4.69, 9.17) is 4.42 Å². The molecule has 0 radical (unpaired) electrons. The summed E-state index contributed by atoms with van der Waals surface area (Å²) >= 11 is 3.21. The van der Waals surface area contributed by atoms with Crippen LogP contribution >= 0.6 is 15.9 Å². The average molecular weight is 370 g/mol. The fourth-order valence-corrected chi connectivity index (χ4v) is 2.58. The number of halogens is 4. The molecule has 0 N–H and O–H groups in total. The quantitative estimate of drug-likeness (QED) is 0.772. The van der Waals surface area contributed by atoms with Gasteiger partial charge in [0.25, 0.3) is 5.91 Å². The number of alkyl halides is 3. The number of nitrogens with zero attached hydrogens (tertiary/aromatic N) is 1. The van der Waals surface area contributed by atoms with E-state index >= 15 is 0 Å². The first-order valence-electron chi connectivity index (χ1n) is 6.43. The van der Waals surface area contributed by atoms with Crippen LogP contribution in [0.15, 0.2) is 8.89 Å². The molecule has 0 bridgehead atoms. The lowest BCUT2D eigenvalue weighted by Crippen LogP contribution is -2.43. The highest BCUT2D eigenvalue weighted by Gasteiger charge is 2.36. The van der Waals surface area contributed by atoms with Gasteiger partial charge in [0.15, 0.2) is 0 Å². The highest BCUT2D eigenvalue weighted by molar-refractivity contribution is 9.10. The third-order valence-electron chi connectivity index (χ3n) is 2.72. The van der Waals surface area contributed by atoms with E-state index in [0.29, 0.717) is 16.0 Å². The number of hydrogen-bond donors (Lipinski definition) is 0. The summed E-state index contributed by atoms with van der Waals surface area (Å²) in [5.41, 5.74) is -0.291. The van der Waals surface area contributed by atoms with Crippen LogP contribution < -0.4 is 0 Å². The van der Waals surface area contributed by atoms with Gasteiger partial charge in [-0.3, -0.25) is 4.79 Å². The van der Waals surface area contributed by atoms with Crippen molar-refractivity contribution < 1.29 is 22.4 Å². The number of rotatable bonds is 3. The summed E-state index contributed by atoms with van der Waals surface area (Å²) in [4.78, 5) is 13.3. The molecular formula is C14H19BrF3NO2. The van der Waals surface area contributed by atoms with Crippen LogP contribution in [-0.2, 0) is 0 Å². The van der Waals surface area contributed by atoms with E-state index in [-0.39, 0.29) is 12.1 Å². The molecule has 1 aromatic heterocycles. The molecule has 1 aromatic rings. The molecule has 0 unspecified atom stereocenters. The average Bonchev–Trinajstić information content (AvgIpc) is 2.47. The lowest BCUT2D eigenvalue weighted by Gasteiger charge is -2.30. The molecule has 0 aliphatic carbocycles. The smallest absolute Gasteiger partial charge is 0.406 e. The van der Waals surface area contributed by atoms with Crippen molar-refractivity contribution in [2.75, 3.05) is 13.1 Å². The fourth-order valence-electron chi connectivity index (χ4n) is 2.05. The monoisotopic (exact) mass is 369 g/mol. The van der Waals surface area contributed by atoms with Crippen LogP contribution in [-0.4, -0.2) is 30.1 Å². The first-order valence-corrected chi connectivity index (χ1v) is 7.22. The molecule has 0 aliphatic heterocycles. The van der Waals surface area contributed by atoms with Crippen molar-refractivity contribution in [1.82, 2.24) is 4.90 Å². The van der Waals surface area contributed by atoms with Crippen molar-refractivity contribution in [3.05, 3.63) is 21.6 Å². The molecule has 0 spiro atoms. The second kappa shape index (κ2) is 6.02. The fraction of sp³-hybridized carbons (Fsp3) is 0.643. The van der Waals surface area contributed by atoms with Gasteiger partial charge in [0.2, 0.25) is 0 Å². The molecule has 0 atom stereocenters. The number of carbonyl (C=O) groups excluding carboxylic acids is 1. The van der Waals surface area contributed by atoms with Gasteiger partial charge < -0.3 is 9.32 Å². The van der Waals surface area contributed by atoms with Gasteiger partial charge in [-0.05, 0) is 35.2 Å². The Kier molecular flexibility index (Phi) is 5.18. The number of hydrogen-bond acceptors (Lipinski definition) is 2. The SMILES string of the molecule is Cc1oc(C)c(C(=O)N(CC(C)(C)C)CC(F)(F)F)c1Br. The van der Waals surface area contributed by atoms with Gasteiger partial charge in [0, 0.05) is 6.54 Å². The maximum atomic E-state index is 12.7. The van der Waals surface area contributed by atoms with Crippen molar-refractivity contribution in [2.45, 2.75) is 40.8 Å². The third-order valence-corrected chi connectivity index (χ3v) is 3.68. The maximum Gasteiger partial charge on any atom is 0.406 e. The molecule has 3 nitrogen and oxygen atoms in total. The van der Waals surface area contributed by atoms with Gasteiger partial charge in [-0.2, -0.15) is 13.2 Å². The van der Waals surface area contributed by atoms with Crippen molar-refractivity contribution in [2.24, 2.45) is 5.41 Å². The highest BCUT2D eigenvalue weighted by Crippen LogP contribution is 2.30. The van der Waals surface area contributed by atoms with Crippen molar-refractivity contribution >= 4 is 21.8 Å². The Morgan fingerprint density at radius 1 is 1.14 bits per heavy atom. The summed E-state index contributed by atoms with van der Waals surface area (Å²) in [6, 6.07) is 0. The molecule has 7 heteroatoms. The molecule has 1 amide bonds. The molecule has 0 saturated carbocycles. The molecule has 1 rings (SSSR count). The van der Waals surface area contributed by atoms with Crippen LogP contribution in [0.25, 0.3) is 0 Å². The predicted octanol–water partition coefficient (Wildman–Crippen LogP) is 4.71.